The van der Waals surface area contributed by atoms with E-state index >= 15 is 0 Å². The van der Waals surface area contributed by atoms with Crippen molar-refractivity contribution in [1.82, 2.24) is 0 Å². The number of carbonyl (C=O) groups excluding carboxylic acids is 1. The summed E-state index contributed by atoms with van der Waals surface area (Å²) in [6, 6.07) is 11.4. The van der Waals surface area contributed by atoms with Crippen LogP contribution < -0.4 is 10.1 Å². The molecule has 0 radical (unpaired) electrons. The Bertz CT molecular complexity index is 891. The fourth-order valence-corrected chi connectivity index (χ4v) is 2.73. The van der Waals surface area contributed by atoms with Gasteiger partial charge in [-0.05, 0) is 42.0 Å². The third-order valence-electron chi connectivity index (χ3n) is 3.14. The van der Waals surface area contributed by atoms with Crippen molar-refractivity contribution >= 4 is 39.1 Å². The molecular formula is C17H16ClNO4S. The second-order valence-electron chi connectivity index (χ2n) is 5.01. The molecule has 2 rings (SSSR count). The van der Waals surface area contributed by atoms with Gasteiger partial charge in [0.05, 0.1) is 22.7 Å². The molecule has 0 saturated heterocycles. The van der Waals surface area contributed by atoms with Gasteiger partial charge in [-0.15, -0.1) is 0 Å². The number of hydrogen-bond donors (Lipinski definition) is 1. The van der Waals surface area contributed by atoms with Crippen molar-refractivity contribution in [2.45, 2.75) is 4.90 Å². The first-order valence-corrected chi connectivity index (χ1v) is 9.19. The SMILES string of the molecule is COc1cccc(/C=C/C(=O)Nc2cc(S(C)(=O)=O)ccc2Cl)c1. The quantitative estimate of drug-likeness (QED) is 0.824. The monoisotopic (exact) mass is 365 g/mol. The summed E-state index contributed by atoms with van der Waals surface area (Å²) in [5.41, 5.74) is 1.03. The predicted octanol–water partition coefficient (Wildman–Crippen LogP) is 3.40. The molecule has 2 aromatic rings. The molecule has 0 atom stereocenters. The minimum Gasteiger partial charge on any atom is -0.497 e. The van der Waals surface area contributed by atoms with Crippen LogP contribution in [0, 0.1) is 0 Å². The van der Waals surface area contributed by atoms with E-state index in [0.717, 1.165) is 11.8 Å². The molecule has 0 fully saturated rings. The number of ether oxygens (including phenoxy) is 1. The van der Waals surface area contributed by atoms with Crippen molar-refractivity contribution in [3.63, 3.8) is 0 Å². The number of anilines is 1. The van der Waals surface area contributed by atoms with Gasteiger partial charge >= 0.3 is 0 Å². The van der Waals surface area contributed by atoms with Crippen LogP contribution in [0.4, 0.5) is 5.69 Å². The number of carbonyl (C=O) groups is 1. The Balaban J connectivity index is 2.16. The number of benzene rings is 2. The van der Waals surface area contributed by atoms with Crippen LogP contribution in [-0.4, -0.2) is 27.7 Å². The molecule has 1 N–H and O–H groups in total. The van der Waals surface area contributed by atoms with Crippen LogP contribution in [0.25, 0.3) is 6.08 Å². The molecule has 0 heterocycles. The maximum absolute atomic E-state index is 12.0. The zero-order chi connectivity index (χ0) is 17.7. The van der Waals surface area contributed by atoms with Gasteiger partial charge in [0.1, 0.15) is 5.75 Å². The molecule has 0 aliphatic carbocycles. The molecule has 126 valence electrons. The second-order valence-corrected chi connectivity index (χ2v) is 7.44. The van der Waals surface area contributed by atoms with Crippen molar-refractivity contribution in [1.29, 1.82) is 0 Å². The topological polar surface area (TPSA) is 72.5 Å². The van der Waals surface area contributed by atoms with Gasteiger partial charge in [-0.25, -0.2) is 8.42 Å². The predicted molar refractivity (Wildman–Crippen MR) is 95.2 cm³/mol. The summed E-state index contributed by atoms with van der Waals surface area (Å²) in [5.74, 6) is 0.256. The highest BCUT2D eigenvalue weighted by molar-refractivity contribution is 7.90. The zero-order valence-corrected chi connectivity index (χ0v) is 14.7. The number of hydrogen-bond acceptors (Lipinski definition) is 4. The van der Waals surface area contributed by atoms with Gasteiger partial charge in [0.2, 0.25) is 5.91 Å². The number of sulfone groups is 1. The molecule has 0 saturated carbocycles. The van der Waals surface area contributed by atoms with Crippen molar-refractivity contribution in [3.8, 4) is 5.75 Å². The average Bonchev–Trinajstić information content (AvgIpc) is 2.54. The number of amides is 1. The molecule has 0 bridgehead atoms. The highest BCUT2D eigenvalue weighted by Gasteiger charge is 2.11. The van der Waals surface area contributed by atoms with Crippen molar-refractivity contribution < 1.29 is 17.9 Å². The Labute approximate surface area is 145 Å². The maximum Gasteiger partial charge on any atom is 0.248 e. The summed E-state index contributed by atoms with van der Waals surface area (Å²) >= 11 is 6.00. The van der Waals surface area contributed by atoms with E-state index < -0.39 is 15.7 Å². The molecule has 0 aromatic heterocycles. The highest BCUT2D eigenvalue weighted by Crippen LogP contribution is 2.25. The van der Waals surface area contributed by atoms with E-state index in [2.05, 4.69) is 5.32 Å². The normalized spacial score (nSPS) is 11.5. The van der Waals surface area contributed by atoms with Crippen LogP contribution in [0.5, 0.6) is 5.75 Å². The first-order valence-electron chi connectivity index (χ1n) is 6.92. The van der Waals surface area contributed by atoms with Crippen LogP contribution in [0.15, 0.2) is 53.4 Å². The lowest BCUT2D eigenvalue weighted by atomic mass is 10.2. The first kappa shape index (κ1) is 18.0. The zero-order valence-electron chi connectivity index (χ0n) is 13.1. The molecule has 24 heavy (non-hydrogen) atoms. The van der Waals surface area contributed by atoms with Crippen LogP contribution in [-0.2, 0) is 14.6 Å². The molecule has 0 aliphatic rings. The lowest BCUT2D eigenvalue weighted by Crippen LogP contribution is -2.09. The Morgan fingerprint density at radius 3 is 2.62 bits per heavy atom. The maximum atomic E-state index is 12.0. The van der Waals surface area contributed by atoms with E-state index in [1.165, 1.54) is 24.3 Å². The lowest BCUT2D eigenvalue weighted by molar-refractivity contribution is -0.111. The lowest BCUT2D eigenvalue weighted by Gasteiger charge is -2.07. The Hall–Kier alpha value is -2.31. The molecule has 0 aliphatic heterocycles. The minimum absolute atomic E-state index is 0.0824. The van der Waals surface area contributed by atoms with Crippen LogP contribution in [0.1, 0.15) is 5.56 Å². The number of rotatable bonds is 5. The molecule has 0 spiro atoms. The van der Waals surface area contributed by atoms with Gasteiger partial charge < -0.3 is 10.1 Å². The van der Waals surface area contributed by atoms with Gasteiger partial charge in [0, 0.05) is 12.3 Å². The van der Waals surface area contributed by atoms with E-state index in [0.29, 0.717) is 5.75 Å². The molecular weight excluding hydrogens is 350 g/mol. The standard InChI is InChI=1S/C17H16ClNO4S/c1-23-13-5-3-4-12(10-13)6-9-17(20)19-16-11-14(24(2,21)22)7-8-15(16)18/h3-11H,1-2H3,(H,19,20)/b9-6+. The summed E-state index contributed by atoms with van der Waals surface area (Å²) in [5, 5.41) is 2.82. The minimum atomic E-state index is -3.38. The van der Waals surface area contributed by atoms with Gasteiger partial charge in [-0.1, -0.05) is 23.7 Å². The molecule has 7 heteroatoms. The summed E-state index contributed by atoms with van der Waals surface area (Å²) in [6.07, 6.45) is 4.04. The smallest absolute Gasteiger partial charge is 0.248 e. The Morgan fingerprint density at radius 1 is 1.21 bits per heavy atom. The third kappa shape index (κ3) is 4.84. The van der Waals surface area contributed by atoms with Crippen LogP contribution >= 0.6 is 11.6 Å². The average molecular weight is 366 g/mol. The van der Waals surface area contributed by atoms with Gasteiger partial charge in [0.15, 0.2) is 9.84 Å². The second kappa shape index (κ2) is 7.51. The fourth-order valence-electron chi connectivity index (χ4n) is 1.92. The molecule has 1 amide bonds. The molecule has 2 aromatic carbocycles. The summed E-state index contributed by atoms with van der Waals surface area (Å²) in [7, 11) is -1.82. The first-order chi connectivity index (χ1) is 11.3. The van der Waals surface area contributed by atoms with Crippen molar-refractivity contribution in [2.24, 2.45) is 0 Å². The summed E-state index contributed by atoms with van der Waals surface area (Å²) < 4.78 is 28.3. The van der Waals surface area contributed by atoms with Crippen molar-refractivity contribution in [2.75, 3.05) is 18.7 Å². The fraction of sp³-hybridized carbons (Fsp3) is 0.118. The Morgan fingerprint density at radius 2 is 1.96 bits per heavy atom. The summed E-state index contributed by atoms with van der Waals surface area (Å²) in [6.45, 7) is 0. The highest BCUT2D eigenvalue weighted by atomic mass is 35.5. The number of methoxy groups -OCH3 is 1. The van der Waals surface area contributed by atoms with Gasteiger partial charge in [0.25, 0.3) is 0 Å². The number of nitrogens with one attached hydrogen (secondary N) is 1. The van der Waals surface area contributed by atoms with Crippen molar-refractivity contribution in [3.05, 3.63) is 59.1 Å². The third-order valence-corrected chi connectivity index (χ3v) is 4.58. The number of halogens is 1. The molecule has 5 nitrogen and oxygen atoms in total. The van der Waals surface area contributed by atoms with E-state index in [-0.39, 0.29) is 15.6 Å². The van der Waals surface area contributed by atoms with E-state index in [1.54, 1.807) is 25.3 Å². The summed E-state index contributed by atoms with van der Waals surface area (Å²) in [4.78, 5) is 12.1. The van der Waals surface area contributed by atoms with E-state index in [1.807, 2.05) is 12.1 Å². The van der Waals surface area contributed by atoms with E-state index in [9.17, 15) is 13.2 Å². The Kier molecular flexibility index (Phi) is 5.64. The molecule has 0 unspecified atom stereocenters. The van der Waals surface area contributed by atoms with E-state index in [4.69, 9.17) is 16.3 Å². The van der Waals surface area contributed by atoms with Gasteiger partial charge in [-0.3, -0.25) is 4.79 Å². The van der Waals surface area contributed by atoms with Gasteiger partial charge in [-0.2, -0.15) is 0 Å². The van der Waals surface area contributed by atoms with Crippen LogP contribution in [0.2, 0.25) is 5.02 Å². The largest absolute Gasteiger partial charge is 0.497 e. The van der Waals surface area contributed by atoms with Crippen LogP contribution in [0.3, 0.4) is 0 Å².